The van der Waals surface area contributed by atoms with Gasteiger partial charge in [0.2, 0.25) is 5.91 Å². The molecule has 0 spiro atoms. The van der Waals surface area contributed by atoms with E-state index in [4.69, 9.17) is 10.5 Å². The van der Waals surface area contributed by atoms with Crippen molar-refractivity contribution < 1.29 is 27.5 Å². The third-order valence-electron chi connectivity index (χ3n) is 5.37. The summed E-state index contributed by atoms with van der Waals surface area (Å²) in [5, 5.41) is 2.60. The maximum atomic E-state index is 12.7. The molecule has 7 nitrogen and oxygen atoms in total. The van der Waals surface area contributed by atoms with E-state index < -0.39 is 30.5 Å². The lowest BCUT2D eigenvalue weighted by Gasteiger charge is -2.37. The molecule has 1 aromatic heterocycles. The number of nitrogens with one attached hydrogen (secondary N) is 1. The Bertz CT molecular complexity index is 997. The highest BCUT2D eigenvalue weighted by Gasteiger charge is 2.31. The molecule has 0 fully saturated rings. The highest BCUT2D eigenvalue weighted by atomic mass is 19.4. The molecule has 0 bridgehead atoms. The molecular formula is C22H25F3N4O3. The van der Waals surface area contributed by atoms with E-state index in [2.05, 4.69) is 10.3 Å². The van der Waals surface area contributed by atoms with Gasteiger partial charge in [-0.25, -0.2) is 0 Å². The second kappa shape index (κ2) is 9.66. The molecule has 2 aromatic rings. The van der Waals surface area contributed by atoms with E-state index in [9.17, 15) is 22.8 Å². The zero-order valence-electron chi connectivity index (χ0n) is 17.8. The fourth-order valence-corrected chi connectivity index (χ4v) is 3.95. The summed E-state index contributed by atoms with van der Waals surface area (Å²) in [6, 6.07) is 5.93. The molecule has 1 aliphatic heterocycles. The quantitative estimate of drug-likeness (QED) is 0.676. The molecule has 2 atom stereocenters. The molecule has 2 heterocycles. The number of fused-ring (bicyclic) bond motifs is 1. The Morgan fingerprint density at radius 3 is 2.72 bits per heavy atom. The zero-order chi connectivity index (χ0) is 23.5. The number of carbonyl (C=O) groups excluding carboxylic acids is 2. The van der Waals surface area contributed by atoms with Crippen molar-refractivity contribution in [1.29, 1.82) is 0 Å². The summed E-state index contributed by atoms with van der Waals surface area (Å²) in [7, 11) is 1.50. The molecule has 10 heteroatoms. The molecule has 32 heavy (non-hydrogen) atoms. The minimum atomic E-state index is -4.36. The number of hydrogen-bond donors (Lipinski definition) is 2. The Hall–Kier alpha value is -2.98. The predicted octanol–water partition coefficient (Wildman–Crippen LogP) is 2.86. The average Bonchev–Trinajstić information content (AvgIpc) is 2.70. The van der Waals surface area contributed by atoms with Crippen molar-refractivity contribution in [2.45, 2.75) is 38.0 Å². The molecule has 3 rings (SSSR count). The van der Waals surface area contributed by atoms with Crippen molar-refractivity contribution in [2.75, 3.05) is 25.6 Å². The van der Waals surface area contributed by atoms with E-state index in [0.29, 0.717) is 18.7 Å². The van der Waals surface area contributed by atoms with E-state index in [1.165, 1.54) is 19.4 Å². The number of anilines is 1. The van der Waals surface area contributed by atoms with Gasteiger partial charge in [-0.1, -0.05) is 13.0 Å². The van der Waals surface area contributed by atoms with Gasteiger partial charge in [0, 0.05) is 32.0 Å². The third kappa shape index (κ3) is 5.83. The number of nitrogens with two attached hydrogens (primary N) is 1. The van der Waals surface area contributed by atoms with E-state index in [1.54, 1.807) is 12.1 Å². The van der Waals surface area contributed by atoms with Gasteiger partial charge >= 0.3 is 6.18 Å². The predicted molar refractivity (Wildman–Crippen MR) is 112 cm³/mol. The smallest absolute Gasteiger partial charge is 0.383 e. The van der Waals surface area contributed by atoms with Crippen molar-refractivity contribution in [2.24, 2.45) is 5.73 Å². The summed E-state index contributed by atoms with van der Waals surface area (Å²) in [6.45, 7) is 3.22. The summed E-state index contributed by atoms with van der Waals surface area (Å²) >= 11 is 0. The Labute approximate surface area is 183 Å². The van der Waals surface area contributed by atoms with E-state index >= 15 is 0 Å². The van der Waals surface area contributed by atoms with Gasteiger partial charge in [-0.05, 0) is 40.8 Å². The lowest BCUT2D eigenvalue weighted by atomic mass is 9.89. The summed E-state index contributed by atoms with van der Waals surface area (Å²) < 4.78 is 43.0. The fraction of sp³-hybridized carbons (Fsp3) is 0.409. The highest BCUT2D eigenvalue weighted by molar-refractivity contribution is 6.04. The monoisotopic (exact) mass is 450 g/mol. The normalized spacial score (nSPS) is 17.5. The van der Waals surface area contributed by atoms with Crippen LogP contribution >= 0.6 is 0 Å². The Kier molecular flexibility index (Phi) is 7.15. The Morgan fingerprint density at radius 1 is 1.31 bits per heavy atom. The van der Waals surface area contributed by atoms with E-state index in [-0.39, 0.29) is 23.8 Å². The number of rotatable bonds is 7. The number of primary amides is 1. The van der Waals surface area contributed by atoms with Gasteiger partial charge in [-0.15, -0.1) is 0 Å². The lowest BCUT2D eigenvalue weighted by Crippen LogP contribution is -2.50. The van der Waals surface area contributed by atoms with Crippen LogP contribution in [0.25, 0.3) is 0 Å². The van der Waals surface area contributed by atoms with Crippen molar-refractivity contribution in [1.82, 2.24) is 9.88 Å². The molecule has 2 amide bonds. The first-order valence-corrected chi connectivity index (χ1v) is 10.0. The maximum Gasteiger partial charge on any atom is 0.393 e. The van der Waals surface area contributed by atoms with Gasteiger partial charge in [0.25, 0.3) is 5.91 Å². The van der Waals surface area contributed by atoms with Crippen LogP contribution in [0.3, 0.4) is 0 Å². The van der Waals surface area contributed by atoms with Gasteiger partial charge in [0.1, 0.15) is 6.04 Å². The average molecular weight is 450 g/mol. The van der Waals surface area contributed by atoms with Crippen LogP contribution in [0.15, 0.2) is 36.7 Å². The van der Waals surface area contributed by atoms with Gasteiger partial charge in [-0.2, -0.15) is 13.2 Å². The first kappa shape index (κ1) is 23.7. The van der Waals surface area contributed by atoms with Gasteiger partial charge in [0.05, 0.1) is 24.9 Å². The molecule has 1 aliphatic rings. The van der Waals surface area contributed by atoms with Crippen molar-refractivity contribution >= 4 is 17.5 Å². The SMILES string of the molecule is COCC(C(N)=O)N1Cc2cc(C(=O)Nc3cncc(CC(F)(F)F)c3)ccc2[C@@H](C)C1. The Balaban J connectivity index is 1.78. The first-order chi connectivity index (χ1) is 15.1. The molecule has 0 aliphatic carbocycles. The number of halogens is 3. The minimum absolute atomic E-state index is 0.0409. The molecule has 0 saturated heterocycles. The standard InChI is InChI=1S/C22H25F3N4O3/c1-13-10-29(19(12-32-2)20(26)30)11-16-6-15(3-4-18(13)16)21(31)28-17-5-14(8-27-9-17)7-22(23,24)25/h3-6,8-9,13,19H,7,10-12H2,1-2H3,(H2,26,30)(H,28,31)/t13-,19?/m0/s1. The third-order valence-corrected chi connectivity index (χ3v) is 5.37. The van der Waals surface area contributed by atoms with Crippen LogP contribution in [0.1, 0.15) is 39.9 Å². The number of hydrogen-bond acceptors (Lipinski definition) is 5. The fourth-order valence-electron chi connectivity index (χ4n) is 3.95. The first-order valence-electron chi connectivity index (χ1n) is 10.0. The second-order valence-electron chi connectivity index (χ2n) is 7.95. The number of pyridine rings is 1. The minimum Gasteiger partial charge on any atom is -0.383 e. The number of carbonyl (C=O) groups is 2. The molecule has 0 radical (unpaired) electrons. The number of ether oxygens (including phenoxy) is 1. The summed E-state index contributed by atoms with van der Waals surface area (Å²) in [4.78, 5) is 30.3. The van der Waals surface area contributed by atoms with Crippen LogP contribution in [-0.4, -0.2) is 54.2 Å². The summed E-state index contributed by atoms with van der Waals surface area (Å²) in [5.74, 6) is -0.840. The van der Waals surface area contributed by atoms with Crippen LogP contribution in [-0.2, 0) is 22.5 Å². The van der Waals surface area contributed by atoms with Crippen LogP contribution in [0.4, 0.5) is 18.9 Å². The zero-order valence-corrected chi connectivity index (χ0v) is 17.8. The lowest BCUT2D eigenvalue weighted by molar-refractivity contribution is -0.127. The van der Waals surface area contributed by atoms with Crippen LogP contribution in [0.2, 0.25) is 0 Å². The number of methoxy groups -OCH3 is 1. The topological polar surface area (TPSA) is 97.5 Å². The molecular weight excluding hydrogens is 425 g/mol. The summed E-state index contributed by atoms with van der Waals surface area (Å²) in [6.07, 6.45) is -3.08. The van der Waals surface area contributed by atoms with Crippen LogP contribution in [0.5, 0.6) is 0 Å². The van der Waals surface area contributed by atoms with Gasteiger partial charge < -0.3 is 15.8 Å². The highest BCUT2D eigenvalue weighted by Crippen LogP contribution is 2.30. The maximum absolute atomic E-state index is 12.7. The second-order valence-corrected chi connectivity index (χ2v) is 7.95. The largest absolute Gasteiger partial charge is 0.393 e. The molecule has 0 saturated carbocycles. The molecule has 1 aromatic carbocycles. The van der Waals surface area contributed by atoms with Crippen LogP contribution < -0.4 is 11.1 Å². The number of nitrogens with zero attached hydrogens (tertiary/aromatic N) is 2. The van der Waals surface area contributed by atoms with Crippen LogP contribution in [0, 0.1) is 0 Å². The number of alkyl halides is 3. The van der Waals surface area contributed by atoms with Crippen molar-refractivity contribution in [3.8, 4) is 0 Å². The van der Waals surface area contributed by atoms with E-state index in [1.807, 2.05) is 17.9 Å². The molecule has 3 N–H and O–H groups in total. The molecule has 1 unspecified atom stereocenters. The number of amides is 2. The number of benzene rings is 1. The molecule has 172 valence electrons. The Morgan fingerprint density at radius 2 is 2.06 bits per heavy atom. The van der Waals surface area contributed by atoms with Gasteiger partial charge in [-0.3, -0.25) is 19.5 Å². The summed E-state index contributed by atoms with van der Waals surface area (Å²) in [5.41, 5.74) is 7.96. The van der Waals surface area contributed by atoms with E-state index in [0.717, 1.165) is 17.3 Å². The van der Waals surface area contributed by atoms with Crippen molar-refractivity contribution in [3.05, 3.63) is 58.9 Å². The van der Waals surface area contributed by atoms with Gasteiger partial charge in [0.15, 0.2) is 0 Å². The number of aromatic nitrogens is 1. The van der Waals surface area contributed by atoms with Crippen molar-refractivity contribution in [3.63, 3.8) is 0 Å².